The summed E-state index contributed by atoms with van der Waals surface area (Å²) in [5, 5.41) is 15.8. The molecule has 6 heteroatoms. The van der Waals surface area contributed by atoms with E-state index in [1.165, 1.54) is 6.07 Å². The quantitative estimate of drug-likeness (QED) is 0.747. The van der Waals surface area contributed by atoms with E-state index in [0.29, 0.717) is 17.7 Å². The minimum Gasteiger partial charge on any atom is -0.388 e. The summed E-state index contributed by atoms with van der Waals surface area (Å²) in [6, 6.07) is 4.67. The van der Waals surface area contributed by atoms with Gasteiger partial charge in [0.15, 0.2) is 0 Å². The molecule has 134 valence electrons. The van der Waals surface area contributed by atoms with Gasteiger partial charge < -0.3 is 20.6 Å². The van der Waals surface area contributed by atoms with Gasteiger partial charge in [-0.2, -0.15) is 0 Å². The van der Waals surface area contributed by atoms with Crippen LogP contribution in [0.2, 0.25) is 0 Å². The summed E-state index contributed by atoms with van der Waals surface area (Å²) < 4.78 is 14.0. The average molecular weight is 337 g/mol. The highest BCUT2D eigenvalue weighted by Gasteiger charge is 2.29. The first-order valence-corrected chi connectivity index (χ1v) is 8.54. The van der Waals surface area contributed by atoms with Crippen LogP contribution in [0.4, 0.5) is 9.18 Å². The van der Waals surface area contributed by atoms with E-state index in [2.05, 4.69) is 10.6 Å². The SMILES string of the molecule is CN(C)Cc1ccc(CNC(=O)NCC2(O)CCCCC2)cc1F. The van der Waals surface area contributed by atoms with Crippen LogP contribution in [0.15, 0.2) is 18.2 Å². The number of nitrogens with one attached hydrogen (secondary N) is 2. The van der Waals surface area contributed by atoms with Crippen molar-refractivity contribution >= 4 is 6.03 Å². The van der Waals surface area contributed by atoms with Gasteiger partial charge in [-0.3, -0.25) is 0 Å². The Hall–Kier alpha value is -1.66. The molecule has 0 unspecified atom stereocenters. The van der Waals surface area contributed by atoms with E-state index in [1.807, 2.05) is 25.1 Å². The first-order valence-electron chi connectivity index (χ1n) is 8.54. The van der Waals surface area contributed by atoms with Gasteiger partial charge in [0, 0.05) is 25.2 Å². The van der Waals surface area contributed by atoms with Crippen molar-refractivity contribution in [2.75, 3.05) is 20.6 Å². The molecule has 24 heavy (non-hydrogen) atoms. The predicted molar refractivity (Wildman–Crippen MR) is 92.1 cm³/mol. The molecule has 1 aliphatic rings. The number of rotatable bonds is 6. The maximum atomic E-state index is 14.0. The van der Waals surface area contributed by atoms with Crippen molar-refractivity contribution in [3.8, 4) is 0 Å². The van der Waals surface area contributed by atoms with Gasteiger partial charge in [-0.15, -0.1) is 0 Å². The molecule has 1 aromatic carbocycles. The molecule has 0 bridgehead atoms. The smallest absolute Gasteiger partial charge is 0.315 e. The first kappa shape index (κ1) is 18.7. The Bertz CT molecular complexity index is 557. The Labute approximate surface area is 143 Å². The fourth-order valence-corrected chi connectivity index (χ4v) is 3.05. The molecule has 0 spiro atoms. The number of hydrogen-bond acceptors (Lipinski definition) is 3. The van der Waals surface area contributed by atoms with Crippen LogP contribution in [0.3, 0.4) is 0 Å². The molecule has 3 N–H and O–H groups in total. The topological polar surface area (TPSA) is 64.6 Å². The molecule has 0 saturated heterocycles. The number of halogens is 1. The van der Waals surface area contributed by atoms with Crippen molar-refractivity contribution < 1.29 is 14.3 Å². The summed E-state index contributed by atoms with van der Waals surface area (Å²) in [5.41, 5.74) is 0.560. The van der Waals surface area contributed by atoms with Gasteiger partial charge in [0.25, 0.3) is 0 Å². The summed E-state index contributed by atoms with van der Waals surface area (Å²) in [6.45, 7) is 1.05. The van der Waals surface area contributed by atoms with E-state index < -0.39 is 5.60 Å². The second-order valence-corrected chi connectivity index (χ2v) is 6.98. The third-order valence-electron chi connectivity index (χ3n) is 4.42. The zero-order valence-corrected chi connectivity index (χ0v) is 14.6. The van der Waals surface area contributed by atoms with E-state index in [9.17, 15) is 14.3 Å². The van der Waals surface area contributed by atoms with Crippen LogP contribution in [0, 0.1) is 5.82 Å². The molecule has 1 saturated carbocycles. The lowest BCUT2D eigenvalue weighted by molar-refractivity contribution is 0.00719. The van der Waals surface area contributed by atoms with Gasteiger partial charge in [0.05, 0.1) is 5.60 Å². The molecule has 1 aromatic rings. The van der Waals surface area contributed by atoms with Gasteiger partial charge in [-0.1, -0.05) is 31.4 Å². The van der Waals surface area contributed by atoms with Gasteiger partial charge in [-0.25, -0.2) is 9.18 Å². The van der Waals surface area contributed by atoms with Gasteiger partial charge in [0.2, 0.25) is 0 Å². The van der Waals surface area contributed by atoms with Crippen LogP contribution in [-0.2, 0) is 13.1 Å². The van der Waals surface area contributed by atoms with Crippen LogP contribution >= 0.6 is 0 Å². The molecular formula is C18H28FN3O2. The molecule has 1 fully saturated rings. The molecule has 0 aromatic heterocycles. The maximum absolute atomic E-state index is 14.0. The molecular weight excluding hydrogens is 309 g/mol. The standard InChI is InChI=1S/C18H28FN3O2/c1-22(2)12-15-7-6-14(10-16(15)19)11-20-17(23)21-13-18(24)8-4-3-5-9-18/h6-7,10,24H,3-5,8-9,11-13H2,1-2H3,(H2,20,21,23). The Morgan fingerprint density at radius 2 is 1.96 bits per heavy atom. The zero-order chi connectivity index (χ0) is 17.6. The highest BCUT2D eigenvalue weighted by molar-refractivity contribution is 5.73. The third kappa shape index (κ3) is 5.76. The lowest BCUT2D eigenvalue weighted by atomic mass is 9.85. The summed E-state index contributed by atoms with van der Waals surface area (Å²) in [5.74, 6) is -0.264. The lowest BCUT2D eigenvalue weighted by Gasteiger charge is -2.32. The summed E-state index contributed by atoms with van der Waals surface area (Å²) in [6.07, 6.45) is 4.60. The fraction of sp³-hybridized carbons (Fsp3) is 0.611. The maximum Gasteiger partial charge on any atom is 0.315 e. The van der Waals surface area contributed by atoms with Crippen molar-refractivity contribution in [3.05, 3.63) is 35.1 Å². The summed E-state index contributed by atoms with van der Waals surface area (Å²) in [7, 11) is 3.78. The number of amides is 2. The van der Waals surface area contributed by atoms with Gasteiger partial charge in [0.1, 0.15) is 5.82 Å². The number of aliphatic hydroxyl groups is 1. The Morgan fingerprint density at radius 1 is 1.25 bits per heavy atom. The second-order valence-electron chi connectivity index (χ2n) is 6.98. The number of nitrogens with zero attached hydrogens (tertiary/aromatic N) is 1. The molecule has 0 aliphatic heterocycles. The largest absolute Gasteiger partial charge is 0.388 e. The molecule has 0 radical (unpaired) electrons. The number of carbonyl (C=O) groups is 1. The number of urea groups is 1. The summed E-state index contributed by atoms with van der Waals surface area (Å²) >= 11 is 0. The van der Waals surface area contributed by atoms with E-state index in [0.717, 1.165) is 32.1 Å². The van der Waals surface area contributed by atoms with E-state index in [1.54, 1.807) is 6.07 Å². The number of hydrogen-bond donors (Lipinski definition) is 3. The Morgan fingerprint density at radius 3 is 2.58 bits per heavy atom. The molecule has 1 aliphatic carbocycles. The summed E-state index contributed by atoms with van der Waals surface area (Å²) in [4.78, 5) is 13.8. The lowest BCUT2D eigenvalue weighted by Crippen LogP contribution is -2.47. The van der Waals surface area contributed by atoms with Crippen molar-refractivity contribution in [2.45, 2.75) is 50.8 Å². The molecule has 5 nitrogen and oxygen atoms in total. The van der Waals surface area contributed by atoms with Crippen LogP contribution in [0.1, 0.15) is 43.2 Å². The van der Waals surface area contributed by atoms with Crippen LogP contribution in [0.25, 0.3) is 0 Å². The van der Waals surface area contributed by atoms with Gasteiger partial charge in [-0.05, 0) is 38.6 Å². The average Bonchev–Trinajstić information content (AvgIpc) is 2.54. The van der Waals surface area contributed by atoms with Crippen LogP contribution in [0.5, 0.6) is 0 Å². The van der Waals surface area contributed by atoms with Crippen molar-refractivity contribution in [1.82, 2.24) is 15.5 Å². The molecule has 0 heterocycles. The van der Waals surface area contributed by atoms with E-state index in [4.69, 9.17) is 0 Å². The minimum atomic E-state index is -0.782. The minimum absolute atomic E-state index is 0.253. The van der Waals surface area contributed by atoms with Crippen molar-refractivity contribution in [3.63, 3.8) is 0 Å². The monoisotopic (exact) mass is 337 g/mol. The highest BCUT2D eigenvalue weighted by Crippen LogP contribution is 2.27. The molecule has 0 atom stereocenters. The highest BCUT2D eigenvalue weighted by atomic mass is 19.1. The van der Waals surface area contributed by atoms with Crippen LogP contribution < -0.4 is 10.6 Å². The predicted octanol–water partition coefficient (Wildman–Crippen LogP) is 2.38. The van der Waals surface area contributed by atoms with Gasteiger partial charge >= 0.3 is 6.03 Å². The third-order valence-corrected chi connectivity index (χ3v) is 4.42. The van der Waals surface area contributed by atoms with E-state index >= 15 is 0 Å². The normalized spacial score (nSPS) is 16.9. The van der Waals surface area contributed by atoms with E-state index in [-0.39, 0.29) is 24.9 Å². The Balaban J connectivity index is 1.78. The molecule has 2 rings (SSSR count). The molecule has 2 amide bonds. The second kappa shape index (κ2) is 8.44. The fourth-order valence-electron chi connectivity index (χ4n) is 3.05. The number of carbonyl (C=O) groups excluding carboxylic acids is 1. The zero-order valence-electron chi connectivity index (χ0n) is 14.6. The van der Waals surface area contributed by atoms with Crippen LogP contribution in [-0.4, -0.2) is 42.3 Å². The first-order chi connectivity index (χ1) is 11.4. The van der Waals surface area contributed by atoms with Crippen molar-refractivity contribution in [2.24, 2.45) is 0 Å². The Kier molecular flexibility index (Phi) is 6.57. The number of benzene rings is 1. The van der Waals surface area contributed by atoms with Crippen molar-refractivity contribution in [1.29, 1.82) is 0 Å².